The van der Waals surface area contributed by atoms with Crippen LogP contribution in [0.25, 0.3) is 16.1 Å². The number of benzene rings is 5. The van der Waals surface area contributed by atoms with Crippen LogP contribution >= 0.6 is 23.5 Å². The molecule has 0 saturated carbocycles. The smallest absolute Gasteiger partial charge is 0.196 e. The number of rotatable bonds is 3. The summed E-state index contributed by atoms with van der Waals surface area (Å²) in [5, 5.41) is 0. The third-order valence-corrected chi connectivity index (χ3v) is 9.76. The molecule has 4 nitrogen and oxygen atoms in total. The molecule has 0 saturated heterocycles. The van der Waals surface area contributed by atoms with Gasteiger partial charge >= 0.3 is 0 Å². The van der Waals surface area contributed by atoms with Crippen molar-refractivity contribution in [1.82, 2.24) is 4.98 Å². The molecule has 2 aliphatic rings. The largest absolute Gasteiger partial charge is 0.308 e. The Labute approximate surface area is 253 Å². The standard InChI is InChI=1S/C36H22N4S2/c1-37-27-19-18-24(39-29-10-2-6-14-33(29)41-34-15-7-3-11-30(34)39)22-26(27)28-23-25(20-21-38-28)40-31-12-4-8-16-35(31)42-36-17-9-5-13-32(36)40/h2-23H. The number of para-hydroxylation sites is 4. The van der Waals surface area contributed by atoms with Crippen LogP contribution in [0.3, 0.4) is 0 Å². The monoisotopic (exact) mass is 574 g/mol. The molecule has 8 rings (SSSR count). The minimum absolute atomic E-state index is 0.575. The molecule has 0 bridgehead atoms. The van der Waals surface area contributed by atoms with E-state index >= 15 is 0 Å². The summed E-state index contributed by atoms with van der Waals surface area (Å²) in [5.74, 6) is 0. The van der Waals surface area contributed by atoms with Gasteiger partial charge in [0.1, 0.15) is 0 Å². The molecule has 198 valence electrons. The molecule has 0 N–H and O–H groups in total. The van der Waals surface area contributed by atoms with Crippen LogP contribution in [-0.2, 0) is 0 Å². The third kappa shape index (κ3) is 4.06. The van der Waals surface area contributed by atoms with Crippen LogP contribution in [0.2, 0.25) is 0 Å². The fourth-order valence-corrected chi connectivity index (χ4v) is 7.75. The topological polar surface area (TPSA) is 23.7 Å². The SMILES string of the molecule is [C-]#[N+]c1ccc(N2c3ccccc3Sc3ccccc32)cc1-c1cc(N2c3ccccc3Sc3ccccc32)ccn1. The van der Waals surface area contributed by atoms with Crippen molar-refractivity contribution in [2.75, 3.05) is 9.80 Å². The Kier molecular flexibility index (Phi) is 5.99. The summed E-state index contributed by atoms with van der Waals surface area (Å²) >= 11 is 3.58. The van der Waals surface area contributed by atoms with Gasteiger partial charge in [0.2, 0.25) is 0 Å². The number of fused-ring (bicyclic) bond motifs is 4. The molecule has 3 heterocycles. The van der Waals surface area contributed by atoms with Gasteiger partial charge in [-0.2, -0.15) is 0 Å². The predicted octanol–water partition coefficient (Wildman–Crippen LogP) is 11.2. The second-order valence-electron chi connectivity index (χ2n) is 9.96. The maximum absolute atomic E-state index is 7.99. The highest BCUT2D eigenvalue weighted by Crippen LogP contribution is 2.53. The average molecular weight is 575 g/mol. The zero-order chi connectivity index (χ0) is 28.0. The molecule has 0 amide bonds. The number of aromatic nitrogens is 1. The normalized spacial score (nSPS) is 12.9. The van der Waals surface area contributed by atoms with E-state index in [1.54, 1.807) is 23.5 Å². The summed E-state index contributed by atoms with van der Waals surface area (Å²) in [6.45, 7) is 7.99. The quantitative estimate of drug-likeness (QED) is 0.195. The van der Waals surface area contributed by atoms with E-state index in [-0.39, 0.29) is 0 Å². The molecule has 42 heavy (non-hydrogen) atoms. The molecular weight excluding hydrogens is 553 g/mol. The minimum atomic E-state index is 0.575. The van der Waals surface area contributed by atoms with Crippen LogP contribution < -0.4 is 9.80 Å². The fourth-order valence-electron chi connectivity index (χ4n) is 5.64. The molecule has 6 aromatic rings. The van der Waals surface area contributed by atoms with E-state index in [0.717, 1.165) is 45.4 Å². The molecule has 5 aromatic carbocycles. The van der Waals surface area contributed by atoms with Crippen LogP contribution in [0.5, 0.6) is 0 Å². The average Bonchev–Trinajstić information content (AvgIpc) is 3.05. The van der Waals surface area contributed by atoms with E-state index in [9.17, 15) is 0 Å². The Bertz CT molecular complexity index is 1960. The first kappa shape index (κ1) is 24.8. The highest BCUT2D eigenvalue weighted by molar-refractivity contribution is 8.00. The van der Waals surface area contributed by atoms with Gasteiger partial charge in [-0.15, -0.1) is 0 Å². The van der Waals surface area contributed by atoms with Crippen molar-refractivity contribution >= 4 is 63.3 Å². The molecule has 0 aliphatic carbocycles. The number of hydrogen-bond donors (Lipinski definition) is 0. The van der Waals surface area contributed by atoms with E-state index in [2.05, 4.69) is 124 Å². The van der Waals surface area contributed by atoms with Gasteiger partial charge in [-0.3, -0.25) is 4.98 Å². The van der Waals surface area contributed by atoms with Crippen LogP contribution in [-0.4, -0.2) is 4.98 Å². The van der Waals surface area contributed by atoms with Gasteiger partial charge < -0.3 is 9.80 Å². The van der Waals surface area contributed by atoms with Crippen molar-refractivity contribution in [1.29, 1.82) is 0 Å². The Hall–Kier alpha value is -4.96. The van der Waals surface area contributed by atoms with Crippen molar-refractivity contribution in [3.63, 3.8) is 0 Å². The van der Waals surface area contributed by atoms with Gasteiger partial charge in [0, 0.05) is 42.7 Å². The zero-order valence-corrected chi connectivity index (χ0v) is 23.9. The maximum atomic E-state index is 7.99. The van der Waals surface area contributed by atoms with Crippen molar-refractivity contribution in [3.05, 3.63) is 145 Å². The predicted molar refractivity (Wildman–Crippen MR) is 174 cm³/mol. The Morgan fingerprint density at radius 3 is 1.45 bits per heavy atom. The summed E-state index contributed by atoms with van der Waals surface area (Å²) in [6.07, 6.45) is 1.85. The molecule has 1 aromatic heterocycles. The van der Waals surface area contributed by atoms with E-state index in [1.807, 2.05) is 24.4 Å². The van der Waals surface area contributed by atoms with Crippen LogP contribution in [0, 0.1) is 6.57 Å². The summed E-state index contributed by atoms with van der Waals surface area (Å²) in [5.41, 5.74) is 8.68. The maximum Gasteiger partial charge on any atom is 0.196 e. The second kappa shape index (κ2) is 10.1. The van der Waals surface area contributed by atoms with Gasteiger partial charge in [-0.1, -0.05) is 78.1 Å². The summed E-state index contributed by atoms with van der Waals surface area (Å²) < 4.78 is 0. The van der Waals surface area contributed by atoms with Crippen LogP contribution in [0.1, 0.15) is 0 Å². The lowest BCUT2D eigenvalue weighted by Gasteiger charge is -2.33. The summed E-state index contributed by atoms with van der Waals surface area (Å²) in [6, 6.07) is 44.1. The highest BCUT2D eigenvalue weighted by atomic mass is 32.2. The van der Waals surface area contributed by atoms with Gasteiger partial charge in [-0.05, 0) is 72.8 Å². The number of pyridine rings is 1. The molecule has 0 spiro atoms. The van der Waals surface area contributed by atoms with E-state index in [1.165, 1.54) is 19.6 Å². The Balaban J connectivity index is 1.28. The molecule has 2 aliphatic heterocycles. The number of hydrogen-bond acceptors (Lipinski definition) is 5. The number of nitrogens with zero attached hydrogens (tertiary/aromatic N) is 4. The third-order valence-electron chi connectivity index (χ3n) is 7.50. The van der Waals surface area contributed by atoms with Gasteiger partial charge in [-0.25, -0.2) is 4.85 Å². The van der Waals surface area contributed by atoms with Crippen molar-refractivity contribution in [2.24, 2.45) is 0 Å². The van der Waals surface area contributed by atoms with Crippen LogP contribution in [0.15, 0.2) is 153 Å². The first-order chi connectivity index (χ1) is 20.8. The number of anilines is 6. The van der Waals surface area contributed by atoms with Gasteiger partial charge in [0.25, 0.3) is 0 Å². The van der Waals surface area contributed by atoms with Crippen molar-refractivity contribution < 1.29 is 0 Å². The zero-order valence-electron chi connectivity index (χ0n) is 22.3. The Morgan fingerprint density at radius 1 is 0.524 bits per heavy atom. The molecule has 0 atom stereocenters. The van der Waals surface area contributed by atoms with E-state index in [0.29, 0.717) is 5.69 Å². The van der Waals surface area contributed by atoms with Crippen molar-refractivity contribution in [2.45, 2.75) is 19.6 Å². The molecular formula is C36H22N4S2. The fraction of sp³-hybridized carbons (Fsp3) is 0. The van der Waals surface area contributed by atoms with Gasteiger partial charge in [0.05, 0.1) is 35.0 Å². The molecule has 0 fully saturated rings. The molecule has 0 unspecified atom stereocenters. The second-order valence-corrected chi connectivity index (χ2v) is 12.1. The first-order valence-electron chi connectivity index (χ1n) is 13.6. The van der Waals surface area contributed by atoms with Crippen molar-refractivity contribution in [3.8, 4) is 11.3 Å². The lowest BCUT2D eigenvalue weighted by atomic mass is 10.0. The Morgan fingerprint density at radius 2 is 0.976 bits per heavy atom. The highest BCUT2D eigenvalue weighted by Gasteiger charge is 2.27. The van der Waals surface area contributed by atoms with Crippen LogP contribution in [0.4, 0.5) is 39.8 Å². The minimum Gasteiger partial charge on any atom is -0.308 e. The van der Waals surface area contributed by atoms with E-state index < -0.39 is 0 Å². The molecule has 6 heteroatoms. The lowest BCUT2D eigenvalue weighted by Crippen LogP contribution is -2.15. The van der Waals surface area contributed by atoms with Gasteiger partial charge in [0.15, 0.2) is 5.69 Å². The van der Waals surface area contributed by atoms with E-state index in [4.69, 9.17) is 11.6 Å². The summed E-state index contributed by atoms with van der Waals surface area (Å²) in [4.78, 5) is 18.1. The lowest BCUT2D eigenvalue weighted by molar-refractivity contribution is 1.15. The molecule has 0 radical (unpaired) electrons. The summed E-state index contributed by atoms with van der Waals surface area (Å²) in [7, 11) is 0. The first-order valence-corrected chi connectivity index (χ1v) is 15.2.